The van der Waals surface area contributed by atoms with Gasteiger partial charge in [0.25, 0.3) is 0 Å². The molecule has 1 aromatic heterocycles. The van der Waals surface area contributed by atoms with E-state index < -0.39 is 23.4 Å². The van der Waals surface area contributed by atoms with Gasteiger partial charge in [-0.3, -0.25) is 4.79 Å². The molecule has 0 saturated heterocycles. The lowest BCUT2D eigenvalue weighted by Crippen LogP contribution is -2.39. The van der Waals surface area contributed by atoms with Crippen LogP contribution >= 0.6 is 0 Å². The summed E-state index contributed by atoms with van der Waals surface area (Å²) in [7, 11) is 1.54. The number of aromatic carboxylic acids is 1. The first kappa shape index (κ1) is 18.3. The lowest BCUT2D eigenvalue weighted by Gasteiger charge is -2.35. The van der Waals surface area contributed by atoms with E-state index in [1.54, 1.807) is 28.8 Å². The van der Waals surface area contributed by atoms with Gasteiger partial charge in [0.2, 0.25) is 5.43 Å². The number of carbonyl (C=O) groups is 1. The number of pyridine rings is 1. The van der Waals surface area contributed by atoms with Gasteiger partial charge in [-0.1, -0.05) is 12.1 Å². The number of benzene rings is 1. The molecule has 152 valence electrons. The Balaban J connectivity index is 1.73. The van der Waals surface area contributed by atoms with Crippen LogP contribution in [0.3, 0.4) is 0 Å². The summed E-state index contributed by atoms with van der Waals surface area (Å²) in [5.74, 6) is -1.01. The molecule has 30 heavy (non-hydrogen) atoms. The van der Waals surface area contributed by atoms with E-state index in [2.05, 4.69) is 10.2 Å². The number of azo groups is 1. The van der Waals surface area contributed by atoms with Crippen LogP contribution in [-0.2, 0) is 0 Å². The van der Waals surface area contributed by atoms with Crippen LogP contribution in [0.15, 0.2) is 57.5 Å². The van der Waals surface area contributed by atoms with Gasteiger partial charge in [-0.05, 0) is 31.1 Å². The highest BCUT2D eigenvalue weighted by atomic mass is 19.1. The van der Waals surface area contributed by atoms with Crippen LogP contribution in [-0.4, -0.2) is 28.9 Å². The summed E-state index contributed by atoms with van der Waals surface area (Å²) < 4.78 is 22.0. The molecule has 0 bridgehead atoms. The van der Waals surface area contributed by atoms with Crippen LogP contribution in [0.4, 0.5) is 10.2 Å². The summed E-state index contributed by atoms with van der Waals surface area (Å²) in [6, 6.07) is 7.28. The second kappa shape index (κ2) is 6.65. The predicted octanol–water partition coefficient (Wildman–Crippen LogP) is 3.81. The maximum Gasteiger partial charge on any atom is 0.341 e. The monoisotopic (exact) mass is 408 g/mol. The summed E-state index contributed by atoms with van der Waals surface area (Å²) in [5, 5.41) is 17.7. The molecule has 0 spiro atoms. The van der Waals surface area contributed by atoms with E-state index in [-0.39, 0.29) is 17.2 Å². The molecule has 3 aliphatic rings. The Morgan fingerprint density at radius 1 is 1.30 bits per heavy atom. The fourth-order valence-corrected chi connectivity index (χ4v) is 3.79. The maximum absolute atomic E-state index is 14.9. The lowest BCUT2D eigenvalue weighted by atomic mass is 10.0. The van der Waals surface area contributed by atoms with E-state index in [4.69, 9.17) is 4.74 Å². The molecule has 2 aliphatic heterocycles. The minimum Gasteiger partial charge on any atom is -0.496 e. The molecule has 1 fully saturated rings. The Hall–Kier alpha value is -3.75. The number of carboxylic acid groups (broad SMARTS) is 1. The van der Waals surface area contributed by atoms with Crippen molar-refractivity contribution in [3.8, 4) is 5.75 Å². The predicted molar refractivity (Wildman–Crippen MR) is 107 cm³/mol. The van der Waals surface area contributed by atoms with Crippen LogP contribution in [0.5, 0.6) is 5.75 Å². The minimum atomic E-state index is -1.34. The molecule has 8 nitrogen and oxygen atoms in total. The van der Waals surface area contributed by atoms with Gasteiger partial charge in [-0.25, -0.2) is 9.18 Å². The van der Waals surface area contributed by atoms with E-state index in [1.165, 1.54) is 6.20 Å². The lowest BCUT2D eigenvalue weighted by molar-refractivity contribution is 0.0694. The van der Waals surface area contributed by atoms with Crippen LogP contribution in [0.1, 0.15) is 40.4 Å². The van der Waals surface area contributed by atoms with Crippen LogP contribution in [0.2, 0.25) is 0 Å². The van der Waals surface area contributed by atoms with Gasteiger partial charge in [-0.2, -0.15) is 10.2 Å². The zero-order chi connectivity index (χ0) is 21.0. The first-order chi connectivity index (χ1) is 14.5. The smallest absolute Gasteiger partial charge is 0.341 e. The number of nitrogens with zero attached hydrogens (tertiary/aromatic N) is 4. The van der Waals surface area contributed by atoms with Crippen molar-refractivity contribution in [3.63, 3.8) is 0 Å². The standard InChI is InChI=1S/C21H17FN4O4/c1-30-17-5-3-2-4-12(17)16-10-26-19(24-23-16)15(22)8-13-18(27)14(21(28)29)9-25(20(13)26)11-6-7-11/h2-5,8-11,19H,6-7H2,1H3,(H,28,29). The van der Waals surface area contributed by atoms with Crippen molar-refractivity contribution >= 4 is 23.6 Å². The van der Waals surface area contributed by atoms with Crippen LogP contribution < -0.4 is 15.1 Å². The summed E-state index contributed by atoms with van der Waals surface area (Å²) >= 11 is 0. The normalized spacial score (nSPS) is 19.5. The van der Waals surface area contributed by atoms with Gasteiger partial charge >= 0.3 is 5.97 Å². The van der Waals surface area contributed by atoms with Gasteiger partial charge in [0.05, 0.1) is 12.7 Å². The van der Waals surface area contributed by atoms with Crippen molar-refractivity contribution in [2.75, 3.05) is 12.0 Å². The summed E-state index contributed by atoms with van der Waals surface area (Å²) in [6.45, 7) is 0. The molecule has 1 unspecified atom stereocenters. The molecule has 0 radical (unpaired) electrons. The third-order valence-electron chi connectivity index (χ3n) is 5.37. The molecule has 3 heterocycles. The topological polar surface area (TPSA) is 96.5 Å². The van der Waals surface area contributed by atoms with Crippen molar-refractivity contribution in [1.29, 1.82) is 0 Å². The quantitative estimate of drug-likeness (QED) is 0.830. The number of rotatable bonds is 4. The third-order valence-corrected chi connectivity index (χ3v) is 5.37. The fraction of sp³-hybridized carbons (Fsp3) is 0.238. The number of hydrogen-bond acceptors (Lipinski definition) is 6. The number of carboxylic acids is 1. The molecule has 1 N–H and O–H groups in total. The van der Waals surface area contributed by atoms with E-state index >= 15 is 0 Å². The number of para-hydroxylation sites is 1. The average molecular weight is 408 g/mol. The average Bonchev–Trinajstić information content (AvgIpc) is 3.59. The van der Waals surface area contributed by atoms with Gasteiger partial charge in [-0.15, -0.1) is 0 Å². The number of anilines is 1. The Morgan fingerprint density at radius 2 is 2.07 bits per heavy atom. The molecule has 9 heteroatoms. The van der Waals surface area contributed by atoms with Crippen molar-refractivity contribution in [2.24, 2.45) is 10.2 Å². The summed E-state index contributed by atoms with van der Waals surface area (Å²) in [6.07, 6.45) is 4.70. The van der Waals surface area contributed by atoms with Crippen molar-refractivity contribution in [3.05, 3.63) is 69.4 Å². The van der Waals surface area contributed by atoms with E-state index in [1.807, 2.05) is 18.2 Å². The highest BCUT2D eigenvalue weighted by molar-refractivity contribution is 5.90. The summed E-state index contributed by atoms with van der Waals surface area (Å²) in [4.78, 5) is 25.9. The number of hydrogen-bond donors (Lipinski definition) is 1. The number of ether oxygens (including phenoxy) is 1. The molecule has 1 saturated carbocycles. The first-order valence-electron chi connectivity index (χ1n) is 9.43. The largest absolute Gasteiger partial charge is 0.496 e. The summed E-state index contributed by atoms with van der Waals surface area (Å²) in [5.41, 5.74) is 0.0133. The van der Waals surface area contributed by atoms with E-state index in [9.17, 15) is 19.1 Å². The number of fused-ring (bicyclic) bond motifs is 3. The van der Waals surface area contributed by atoms with Crippen LogP contribution in [0.25, 0.3) is 11.8 Å². The van der Waals surface area contributed by atoms with Crippen molar-refractivity contribution < 1.29 is 19.0 Å². The molecule has 1 atom stereocenters. The first-order valence-corrected chi connectivity index (χ1v) is 9.43. The maximum atomic E-state index is 14.9. The van der Waals surface area contributed by atoms with Crippen molar-refractivity contribution in [1.82, 2.24) is 4.57 Å². The number of aromatic nitrogens is 1. The molecule has 2 aromatic rings. The van der Waals surface area contributed by atoms with Crippen molar-refractivity contribution in [2.45, 2.75) is 25.0 Å². The molecule has 1 aliphatic carbocycles. The van der Waals surface area contributed by atoms with Gasteiger partial charge < -0.3 is 19.3 Å². The fourth-order valence-electron chi connectivity index (χ4n) is 3.79. The van der Waals surface area contributed by atoms with Gasteiger partial charge in [0.1, 0.15) is 28.7 Å². The zero-order valence-electron chi connectivity index (χ0n) is 15.9. The van der Waals surface area contributed by atoms with Gasteiger partial charge in [0, 0.05) is 24.0 Å². The minimum absolute atomic E-state index is 0.00303. The molecule has 1 aromatic carbocycles. The second-order valence-corrected chi connectivity index (χ2v) is 7.29. The van der Waals surface area contributed by atoms with E-state index in [0.29, 0.717) is 22.8 Å². The Bertz CT molecular complexity index is 1230. The Kier molecular flexibility index (Phi) is 4.05. The van der Waals surface area contributed by atoms with Gasteiger partial charge in [0.15, 0.2) is 6.17 Å². The molecular weight excluding hydrogens is 391 g/mol. The highest BCUT2D eigenvalue weighted by Gasteiger charge is 2.38. The Labute approximate surface area is 170 Å². The van der Waals surface area contributed by atoms with E-state index in [0.717, 1.165) is 18.9 Å². The molecular formula is C21H17FN4O4. The number of halogens is 1. The highest BCUT2D eigenvalue weighted by Crippen LogP contribution is 2.44. The molecule has 0 amide bonds. The molecule has 5 rings (SSSR count). The Morgan fingerprint density at radius 3 is 2.77 bits per heavy atom. The second-order valence-electron chi connectivity index (χ2n) is 7.29. The third kappa shape index (κ3) is 2.73. The van der Waals surface area contributed by atoms with Crippen LogP contribution in [0, 0.1) is 0 Å². The SMILES string of the molecule is COc1ccccc1C1=CN2c3c(c(=O)c(C(=O)O)cn3C3CC3)C=C(F)C2N=N1. The number of methoxy groups -OCH3 is 1. The zero-order valence-corrected chi connectivity index (χ0v) is 15.9.